The van der Waals surface area contributed by atoms with Crippen LogP contribution in [0.15, 0.2) is 54.6 Å². The molecule has 0 aliphatic rings. The highest BCUT2D eigenvalue weighted by molar-refractivity contribution is 5.89. The van der Waals surface area contributed by atoms with Gasteiger partial charge in [0, 0.05) is 26.0 Å². The van der Waals surface area contributed by atoms with Gasteiger partial charge in [0.2, 0.25) is 5.91 Å². The Labute approximate surface area is 242 Å². The first-order valence-electron chi connectivity index (χ1n) is 14.1. The zero-order valence-corrected chi connectivity index (χ0v) is 24.0. The molecule has 0 atom stereocenters. The molecule has 0 unspecified atom stereocenters. The third kappa shape index (κ3) is 17.2. The molecule has 0 fully saturated rings. The molecule has 1 amide bonds. The van der Waals surface area contributed by atoms with Crippen LogP contribution in [0, 0.1) is 0 Å². The number of carbonyl (C=O) groups excluding carboxylic acids is 3. The van der Waals surface area contributed by atoms with Crippen molar-refractivity contribution in [3.05, 3.63) is 65.7 Å². The van der Waals surface area contributed by atoms with E-state index in [9.17, 15) is 14.4 Å². The number of hydrogen-bond acceptors (Lipinski definition) is 9. The molecule has 226 valence electrons. The van der Waals surface area contributed by atoms with E-state index >= 15 is 0 Å². The van der Waals surface area contributed by atoms with Gasteiger partial charge in [-0.15, -0.1) is 0 Å². The van der Waals surface area contributed by atoms with Crippen molar-refractivity contribution in [3.63, 3.8) is 0 Å². The SMILES string of the molecule is CCCNC(=O)CCOCCOCCOCCOCCCC(=O)COc1cccc(C(=O)OCc2ccccc2)c1. The quantitative estimate of drug-likeness (QED) is 0.148. The van der Waals surface area contributed by atoms with Crippen LogP contribution in [0.25, 0.3) is 0 Å². The van der Waals surface area contributed by atoms with Crippen molar-refractivity contribution in [1.82, 2.24) is 5.32 Å². The highest BCUT2D eigenvalue weighted by Gasteiger charge is 2.10. The number of ether oxygens (including phenoxy) is 6. The molecular formula is C31H43NO9. The summed E-state index contributed by atoms with van der Waals surface area (Å²) in [5.74, 6) is -0.0696. The second kappa shape index (κ2) is 22.4. The fraction of sp³-hybridized carbons (Fsp3) is 0.516. The first kappa shape index (κ1) is 33.9. The Morgan fingerprint density at radius 1 is 0.732 bits per heavy atom. The topological polar surface area (TPSA) is 119 Å². The highest BCUT2D eigenvalue weighted by Crippen LogP contribution is 2.15. The van der Waals surface area contributed by atoms with Crippen LogP contribution in [0.3, 0.4) is 0 Å². The van der Waals surface area contributed by atoms with Crippen LogP contribution >= 0.6 is 0 Å². The molecule has 41 heavy (non-hydrogen) atoms. The minimum atomic E-state index is -0.453. The van der Waals surface area contributed by atoms with Crippen LogP contribution in [0.2, 0.25) is 0 Å². The maximum atomic E-state index is 12.3. The van der Waals surface area contributed by atoms with Gasteiger partial charge in [-0.05, 0) is 36.6 Å². The lowest BCUT2D eigenvalue weighted by Crippen LogP contribution is -2.25. The van der Waals surface area contributed by atoms with Gasteiger partial charge in [-0.1, -0.05) is 43.3 Å². The van der Waals surface area contributed by atoms with Crippen LogP contribution in [-0.4, -0.2) is 83.7 Å². The predicted molar refractivity (Wildman–Crippen MR) is 153 cm³/mol. The zero-order valence-electron chi connectivity index (χ0n) is 24.0. The summed E-state index contributed by atoms with van der Waals surface area (Å²) in [5, 5.41) is 2.80. The van der Waals surface area contributed by atoms with E-state index in [2.05, 4.69) is 5.32 Å². The Kier molecular flexibility index (Phi) is 18.5. The minimum Gasteiger partial charge on any atom is -0.486 e. The Hall–Kier alpha value is -3.31. The standard InChI is InChI=1S/C31H43NO9/c1-2-14-32-30(34)13-16-37-18-20-39-22-21-38-19-17-36-15-7-11-28(33)25-40-29-12-6-10-27(23-29)31(35)41-24-26-8-4-3-5-9-26/h3-6,8-10,12,23H,2,7,11,13-22,24-25H2,1H3,(H,32,34). The molecule has 0 saturated carbocycles. The van der Waals surface area contributed by atoms with Crippen molar-refractivity contribution >= 4 is 17.7 Å². The van der Waals surface area contributed by atoms with E-state index in [4.69, 9.17) is 28.4 Å². The Morgan fingerprint density at radius 3 is 2.07 bits per heavy atom. The smallest absolute Gasteiger partial charge is 0.338 e. The zero-order chi connectivity index (χ0) is 29.4. The van der Waals surface area contributed by atoms with Crippen LogP contribution in [0.1, 0.15) is 48.5 Å². The molecule has 0 heterocycles. The van der Waals surface area contributed by atoms with Crippen LogP contribution < -0.4 is 10.1 Å². The summed E-state index contributed by atoms with van der Waals surface area (Å²) in [4.78, 5) is 35.9. The third-order valence-electron chi connectivity index (χ3n) is 5.59. The van der Waals surface area contributed by atoms with Crippen LogP contribution in [-0.2, 0) is 39.9 Å². The second-order valence-corrected chi connectivity index (χ2v) is 9.07. The lowest BCUT2D eigenvalue weighted by atomic mass is 10.2. The van der Waals surface area contributed by atoms with E-state index in [1.54, 1.807) is 24.3 Å². The van der Waals surface area contributed by atoms with E-state index in [1.165, 1.54) is 0 Å². The van der Waals surface area contributed by atoms with Gasteiger partial charge in [0.1, 0.15) is 19.0 Å². The molecule has 10 nitrogen and oxygen atoms in total. The molecule has 2 rings (SSSR count). The molecule has 0 spiro atoms. The van der Waals surface area contributed by atoms with E-state index in [-0.39, 0.29) is 24.9 Å². The van der Waals surface area contributed by atoms with Crippen molar-refractivity contribution in [1.29, 1.82) is 0 Å². The van der Waals surface area contributed by atoms with E-state index in [0.29, 0.717) is 90.0 Å². The van der Waals surface area contributed by atoms with Gasteiger partial charge in [0.15, 0.2) is 5.78 Å². The number of Topliss-reactive ketones (excluding diaryl/α,β-unsaturated/α-hetero) is 1. The molecule has 2 aromatic carbocycles. The van der Waals surface area contributed by atoms with Gasteiger partial charge in [-0.25, -0.2) is 4.79 Å². The van der Waals surface area contributed by atoms with Crippen LogP contribution in [0.4, 0.5) is 0 Å². The molecule has 1 N–H and O–H groups in total. The third-order valence-corrected chi connectivity index (χ3v) is 5.59. The Morgan fingerprint density at radius 2 is 1.39 bits per heavy atom. The van der Waals surface area contributed by atoms with Crippen molar-refractivity contribution in [2.75, 3.05) is 66.0 Å². The number of hydrogen-bond donors (Lipinski definition) is 1. The lowest BCUT2D eigenvalue weighted by Gasteiger charge is -2.09. The number of esters is 1. The van der Waals surface area contributed by atoms with E-state index in [0.717, 1.165) is 12.0 Å². The maximum Gasteiger partial charge on any atom is 0.338 e. The molecule has 2 aromatic rings. The fourth-order valence-electron chi connectivity index (χ4n) is 3.41. The summed E-state index contributed by atoms with van der Waals surface area (Å²) in [7, 11) is 0. The molecule has 0 bridgehead atoms. The van der Waals surface area contributed by atoms with Crippen molar-refractivity contribution < 1.29 is 42.8 Å². The largest absolute Gasteiger partial charge is 0.486 e. The monoisotopic (exact) mass is 573 g/mol. The fourth-order valence-corrected chi connectivity index (χ4v) is 3.41. The molecule has 0 saturated heterocycles. The van der Waals surface area contributed by atoms with Gasteiger partial charge >= 0.3 is 5.97 Å². The van der Waals surface area contributed by atoms with Crippen molar-refractivity contribution in [3.8, 4) is 5.75 Å². The predicted octanol–water partition coefficient (Wildman–Crippen LogP) is 3.75. The second-order valence-electron chi connectivity index (χ2n) is 9.07. The first-order chi connectivity index (χ1) is 20.1. The van der Waals surface area contributed by atoms with Crippen molar-refractivity contribution in [2.45, 2.75) is 39.2 Å². The summed E-state index contributed by atoms with van der Waals surface area (Å²) in [5.41, 5.74) is 1.27. The van der Waals surface area contributed by atoms with Gasteiger partial charge in [0.25, 0.3) is 0 Å². The highest BCUT2D eigenvalue weighted by atomic mass is 16.6. The van der Waals surface area contributed by atoms with Crippen LogP contribution in [0.5, 0.6) is 5.75 Å². The molecule has 0 aliphatic carbocycles. The number of benzene rings is 2. The Bertz CT molecular complexity index is 1000. The van der Waals surface area contributed by atoms with E-state index < -0.39 is 5.97 Å². The van der Waals surface area contributed by atoms with Crippen molar-refractivity contribution in [2.24, 2.45) is 0 Å². The summed E-state index contributed by atoms with van der Waals surface area (Å²) in [6.07, 6.45) is 2.19. The number of nitrogens with one attached hydrogen (secondary N) is 1. The summed E-state index contributed by atoms with van der Waals surface area (Å²) in [6.45, 7) is 6.29. The van der Waals surface area contributed by atoms with Gasteiger partial charge in [-0.2, -0.15) is 0 Å². The number of amides is 1. The molecule has 0 aromatic heterocycles. The molecular weight excluding hydrogens is 530 g/mol. The Balaban J connectivity index is 1.40. The first-order valence-corrected chi connectivity index (χ1v) is 14.1. The summed E-state index contributed by atoms with van der Waals surface area (Å²) >= 11 is 0. The summed E-state index contributed by atoms with van der Waals surface area (Å²) in [6, 6.07) is 16.0. The maximum absolute atomic E-state index is 12.3. The minimum absolute atomic E-state index is 0.00215. The van der Waals surface area contributed by atoms with E-state index in [1.807, 2.05) is 37.3 Å². The van der Waals surface area contributed by atoms with Gasteiger partial charge in [-0.3, -0.25) is 9.59 Å². The number of ketones is 1. The molecule has 0 aliphatic heterocycles. The summed E-state index contributed by atoms with van der Waals surface area (Å²) < 4.78 is 32.6. The molecule has 0 radical (unpaired) electrons. The lowest BCUT2D eigenvalue weighted by molar-refractivity contribution is -0.122. The number of carbonyl (C=O) groups is 3. The van der Waals surface area contributed by atoms with Gasteiger partial charge in [0.05, 0.1) is 51.8 Å². The van der Waals surface area contributed by atoms with Gasteiger partial charge < -0.3 is 33.7 Å². The normalized spacial score (nSPS) is 10.8. The average Bonchev–Trinajstić information content (AvgIpc) is 3.00. The number of rotatable bonds is 24. The average molecular weight is 574 g/mol. The molecule has 10 heteroatoms.